The molecule has 0 aromatic heterocycles. The maximum atomic E-state index is 16.0. The van der Waals surface area contributed by atoms with Gasteiger partial charge in [-0.2, -0.15) is 0 Å². The molecule has 2 aliphatic heterocycles. The maximum absolute atomic E-state index is 16.0. The molecule has 7 heteroatoms. The Labute approximate surface area is 253 Å². The average Bonchev–Trinajstić information content (AvgIpc) is 3.42. The van der Waals surface area contributed by atoms with Crippen molar-refractivity contribution in [3.63, 3.8) is 0 Å². The summed E-state index contributed by atoms with van der Waals surface area (Å²) in [5.74, 6) is -0.424. The summed E-state index contributed by atoms with van der Waals surface area (Å²) in [6.45, 7) is 7.57. The molecular formula is C36H43F3N2O2. The monoisotopic (exact) mass is 592 g/mol. The third-order valence-electron chi connectivity index (χ3n) is 9.58. The topological polar surface area (TPSA) is 33.7 Å². The summed E-state index contributed by atoms with van der Waals surface area (Å²) in [4.78, 5) is 1.89. The SMILES string of the molecule is C[C@@H]1Cc2cc(OCc3ccccc3)ccc2C(c2c(F)cc(OC3CCC4(CCNC4)CC3)cc2F)N1CC(C)(C)F. The fourth-order valence-electron chi connectivity index (χ4n) is 7.35. The van der Waals surface area contributed by atoms with E-state index in [0.717, 1.165) is 55.5 Å². The van der Waals surface area contributed by atoms with E-state index in [1.807, 2.05) is 60.4 Å². The van der Waals surface area contributed by atoms with Crippen LogP contribution in [0.2, 0.25) is 0 Å². The van der Waals surface area contributed by atoms with Gasteiger partial charge < -0.3 is 14.8 Å². The molecular weight excluding hydrogens is 549 g/mol. The minimum atomic E-state index is -1.55. The Morgan fingerprint density at radius 3 is 2.33 bits per heavy atom. The van der Waals surface area contributed by atoms with E-state index in [0.29, 0.717) is 24.2 Å². The zero-order valence-electron chi connectivity index (χ0n) is 25.5. The summed E-state index contributed by atoms with van der Waals surface area (Å²) in [5, 5.41) is 3.47. The number of rotatable bonds is 8. The van der Waals surface area contributed by atoms with Crippen LogP contribution >= 0.6 is 0 Å². The summed E-state index contributed by atoms with van der Waals surface area (Å²) in [6, 6.07) is 17.3. The van der Waals surface area contributed by atoms with Crippen LogP contribution in [0, 0.1) is 17.0 Å². The second kappa shape index (κ2) is 12.2. The van der Waals surface area contributed by atoms with Gasteiger partial charge >= 0.3 is 0 Å². The van der Waals surface area contributed by atoms with Crippen LogP contribution in [-0.4, -0.2) is 42.3 Å². The Morgan fingerprint density at radius 2 is 1.67 bits per heavy atom. The van der Waals surface area contributed by atoms with Crippen molar-refractivity contribution in [1.82, 2.24) is 10.2 Å². The van der Waals surface area contributed by atoms with Gasteiger partial charge in [-0.1, -0.05) is 36.4 Å². The van der Waals surface area contributed by atoms with Crippen LogP contribution in [0.5, 0.6) is 11.5 Å². The lowest BCUT2D eigenvalue weighted by molar-refractivity contribution is 0.0648. The Balaban J connectivity index is 1.27. The van der Waals surface area contributed by atoms with E-state index in [1.165, 1.54) is 32.4 Å². The van der Waals surface area contributed by atoms with Crippen molar-refractivity contribution in [3.8, 4) is 11.5 Å². The second-order valence-corrected chi connectivity index (χ2v) is 13.5. The molecule has 6 rings (SSSR count). The Morgan fingerprint density at radius 1 is 0.953 bits per heavy atom. The van der Waals surface area contributed by atoms with E-state index in [-0.39, 0.29) is 30.0 Å². The van der Waals surface area contributed by atoms with Crippen LogP contribution in [-0.2, 0) is 13.0 Å². The molecule has 3 aromatic carbocycles. The number of benzene rings is 3. The average molecular weight is 593 g/mol. The van der Waals surface area contributed by atoms with Crippen LogP contribution in [0.25, 0.3) is 0 Å². The number of nitrogens with one attached hydrogen (secondary N) is 1. The first-order chi connectivity index (χ1) is 20.6. The molecule has 1 N–H and O–H groups in total. The van der Waals surface area contributed by atoms with E-state index in [4.69, 9.17) is 9.47 Å². The summed E-state index contributed by atoms with van der Waals surface area (Å²) in [5.41, 5.74) is 1.51. The molecule has 43 heavy (non-hydrogen) atoms. The Hall–Kier alpha value is -3.03. The maximum Gasteiger partial charge on any atom is 0.134 e. The molecule has 2 heterocycles. The van der Waals surface area contributed by atoms with Crippen molar-refractivity contribution in [1.29, 1.82) is 0 Å². The molecule has 1 aliphatic carbocycles. The summed E-state index contributed by atoms with van der Waals surface area (Å²) < 4.78 is 59.4. The predicted octanol–water partition coefficient (Wildman–Crippen LogP) is 7.93. The van der Waals surface area contributed by atoms with Gasteiger partial charge in [0.2, 0.25) is 0 Å². The van der Waals surface area contributed by atoms with Gasteiger partial charge in [-0.3, -0.25) is 4.90 Å². The summed E-state index contributed by atoms with van der Waals surface area (Å²) >= 11 is 0. The van der Waals surface area contributed by atoms with Gasteiger partial charge in [0.15, 0.2) is 0 Å². The van der Waals surface area contributed by atoms with Crippen LogP contribution < -0.4 is 14.8 Å². The van der Waals surface area contributed by atoms with E-state index < -0.39 is 23.3 Å². The van der Waals surface area contributed by atoms with Crippen LogP contribution in [0.1, 0.15) is 81.2 Å². The highest BCUT2D eigenvalue weighted by Gasteiger charge is 2.40. The number of ether oxygens (including phenoxy) is 2. The standard InChI is InChI=1S/C36H43F3N2O2/c1-24-17-26-18-28(42-21-25-7-5-4-6-8-25)9-10-30(26)34(41(24)23-35(2,3)39)33-31(37)19-29(20-32(33)38)43-27-11-13-36(14-12-27)15-16-40-22-36/h4-10,18-20,24,27,34,40H,11-17,21-23H2,1-3H3/t24-,27?,34?,36?/m1/s1. The lowest BCUT2D eigenvalue weighted by Gasteiger charge is -2.44. The van der Waals surface area contributed by atoms with Gasteiger partial charge in [-0.15, -0.1) is 0 Å². The molecule has 0 amide bonds. The molecule has 0 radical (unpaired) electrons. The number of fused-ring (bicyclic) bond motifs is 1. The van der Waals surface area contributed by atoms with Crippen molar-refractivity contribution in [3.05, 3.63) is 94.6 Å². The van der Waals surface area contributed by atoms with Crippen molar-refractivity contribution in [2.24, 2.45) is 5.41 Å². The third-order valence-corrected chi connectivity index (χ3v) is 9.58. The highest BCUT2D eigenvalue weighted by atomic mass is 19.1. The normalized spacial score (nSPS) is 26.0. The molecule has 1 saturated carbocycles. The molecule has 3 aromatic rings. The molecule has 1 spiro atoms. The third kappa shape index (κ3) is 6.73. The Bertz CT molecular complexity index is 1380. The molecule has 230 valence electrons. The van der Waals surface area contributed by atoms with E-state index in [1.54, 1.807) is 0 Å². The second-order valence-electron chi connectivity index (χ2n) is 13.5. The highest BCUT2D eigenvalue weighted by Crippen LogP contribution is 2.44. The number of halogens is 3. The van der Waals surface area contributed by atoms with Crippen LogP contribution in [0.3, 0.4) is 0 Å². The quantitative estimate of drug-likeness (QED) is 0.288. The lowest BCUT2D eigenvalue weighted by Crippen LogP contribution is -2.48. The largest absolute Gasteiger partial charge is 0.490 e. The highest BCUT2D eigenvalue weighted by molar-refractivity contribution is 5.46. The molecule has 1 unspecified atom stereocenters. The molecule has 4 nitrogen and oxygen atoms in total. The number of alkyl halides is 1. The van der Waals surface area contributed by atoms with Gasteiger partial charge in [0, 0.05) is 36.8 Å². The van der Waals surface area contributed by atoms with Crippen molar-refractivity contribution < 1.29 is 22.6 Å². The Kier molecular flexibility index (Phi) is 8.49. The molecule has 3 aliphatic rings. The van der Waals surface area contributed by atoms with Crippen LogP contribution in [0.15, 0.2) is 60.7 Å². The zero-order chi connectivity index (χ0) is 30.2. The van der Waals surface area contributed by atoms with Gasteiger partial charge in [0.25, 0.3) is 0 Å². The zero-order valence-corrected chi connectivity index (χ0v) is 25.5. The molecule has 2 atom stereocenters. The van der Waals surface area contributed by atoms with Crippen molar-refractivity contribution in [2.45, 2.75) is 89.8 Å². The molecule has 1 saturated heterocycles. The van der Waals surface area contributed by atoms with Crippen molar-refractivity contribution in [2.75, 3.05) is 19.6 Å². The van der Waals surface area contributed by atoms with E-state index in [9.17, 15) is 0 Å². The fraction of sp³-hybridized carbons (Fsp3) is 0.500. The molecule has 0 bridgehead atoms. The molecule has 2 fully saturated rings. The van der Waals surface area contributed by atoms with Gasteiger partial charge in [-0.05, 0) is 100 Å². The predicted molar refractivity (Wildman–Crippen MR) is 163 cm³/mol. The minimum absolute atomic E-state index is 0.0420. The van der Waals surface area contributed by atoms with E-state index in [2.05, 4.69) is 5.32 Å². The smallest absolute Gasteiger partial charge is 0.134 e. The minimum Gasteiger partial charge on any atom is -0.490 e. The van der Waals surface area contributed by atoms with Gasteiger partial charge in [-0.25, -0.2) is 13.2 Å². The number of nitrogens with zero attached hydrogens (tertiary/aromatic N) is 1. The summed E-state index contributed by atoms with van der Waals surface area (Å²) in [6.07, 6.45) is 5.65. The fourth-order valence-corrected chi connectivity index (χ4v) is 7.35. The van der Waals surface area contributed by atoms with Gasteiger partial charge in [0.05, 0.1) is 12.1 Å². The summed E-state index contributed by atoms with van der Waals surface area (Å²) in [7, 11) is 0. The number of hydrogen-bond donors (Lipinski definition) is 1. The number of hydrogen-bond acceptors (Lipinski definition) is 4. The first kappa shape index (κ1) is 30.0. The van der Waals surface area contributed by atoms with Crippen molar-refractivity contribution >= 4 is 0 Å². The lowest BCUT2D eigenvalue weighted by atomic mass is 9.72. The first-order valence-electron chi connectivity index (χ1n) is 15.7. The van der Waals surface area contributed by atoms with Gasteiger partial charge in [0.1, 0.15) is 35.4 Å². The van der Waals surface area contributed by atoms with E-state index >= 15 is 13.2 Å². The van der Waals surface area contributed by atoms with Crippen LogP contribution in [0.4, 0.5) is 13.2 Å². The first-order valence-corrected chi connectivity index (χ1v) is 15.7.